The average Bonchev–Trinajstić information content (AvgIpc) is 2.65. The van der Waals surface area contributed by atoms with Gasteiger partial charge < -0.3 is 15.5 Å². The molecule has 2 N–H and O–H groups in total. The third-order valence-electron chi connectivity index (χ3n) is 3.97. The van der Waals surface area contributed by atoms with E-state index in [4.69, 9.17) is 0 Å². The van der Waals surface area contributed by atoms with Crippen LogP contribution in [0.15, 0.2) is 42.6 Å². The predicted octanol–water partition coefficient (Wildman–Crippen LogP) is 2.58. The number of rotatable bonds is 8. The summed E-state index contributed by atoms with van der Waals surface area (Å²) in [5, 5.41) is 5.73. The summed E-state index contributed by atoms with van der Waals surface area (Å²) in [6.45, 7) is 3.50. The van der Waals surface area contributed by atoms with E-state index in [0.717, 1.165) is 30.6 Å². The Morgan fingerprint density at radius 1 is 1.12 bits per heavy atom. The Balaban J connectivity index is 2.01. The molecular formula is C20H26N4O2. The average molecular weight is 354 g/mol. The van der Waals surface area contributed by atoms with Crippen LogP contribution in [0.1, 0.15) is 39.8 Å². The second-order valence-corrected chi connectivity index (χ2v) is 6.31. The zero-order valence-corrected chi connectivity index (χ0v) is 15.6. The second kappa shape index (κ2) is 9.68. The van der Waals surface area contributed by atoms with Gasteiger partial charge in [0, 0.05) is 24.0 Å². The molecule has 2 rings (SSSR count). The second-order valence-electron chi connectivity index (χ2n) is 6.31. The first-order valence-electron chi connectivity index (χ1n) is 8.79. The monoisotopic (exact) mass is 354 g/mol. The molecule has 0 unspecified atom stereocenters. The van der Waals surface area contributed by atoms with Crippen molar-refractivity contribution in [1.82, 2.24) is 15.2 Å². The summed E-state index contributed by atoms with van der Waals surface area (Å²) in [5.41, 5.74) is 2.50. The Kier molecular flexibility index (Phi) is 7.29. The zero-order chi connectivity index (χ0) is 18.9. The third kappa shape index (κ3) is 5.67. The van der Waals surface area contributed by atoms with Crippen molar-refractivity contribution < 1.29 is 9.59 Å². The zero-order valence-electron chi connectivity index (χ0n) is 15.6. The summed E-state index contributed by atoms with van der Waals surface area (Å²) in [5.74, 6) is -0.526. The number of benzene rings is 1. The number of para-hydroxylation sites is 1. The van der Waals surface area contributed by atoms with Crippen LogP contribution < -0.4 is 10.6 Å². The highest BCUT2D eigenvalue weighted by molar-refractivity contribution is 6.06. The number of carbonyl (C=O) groups excluding carboxylic acids is 2. The van der Waals surface area contributed by atoms with E-state index in [0.29, 0.717) is 12.1 Å². The molecular weight excluding hydrogens is 328 g/mol. The molecule has 1 heterocycles. The smallest absolute Gasteiger partial charge is 0.269 e. The highest BCUT2D eigenvalue weighted by Gasteiger charge is 2.13. The molecule has 0 bridgehead atoms. The van der Waals surface area contributed by atoms with Crippen LogP contribution in [-0.2, 0) is 6.42 Å². The molecule has 0 fully saturated rings. The van der Waals surface area contributed by atoms with Crippen LogP contribution in [0.25, 0.3) is 0 Å². The van der Waals surface area contributed by atoms with E-state index in [1.54, 1.807) is 6.07 Å². The molecule has 0 atom stereocenters. The number of amides is 2. The van der Waals surface area contributed by atoms with Crippen molar-refractivity contribution in [2.24, 2.45) is 0 Å². The molecule has 138 valence electrons. The van der Waals surface area contributed by atoms with Gasteiger partial charge in [-0.3, -0.25) is 14.6 Å². The fraction of sp³-hybridized carbons (Fsp3) is 0.350. The molecule has 1 aromatic carbocycles. The molecule has 6 nitrogen and oxygen atoms in total. The van der Waals surface area contributed by atoms with Crippen molar-refractivity contribution in [1.29, 1.82) is 0 Å². The SMILES string of the molecule is CCc1ccccc1NC(=O)c1ccnc(C(=O)NCCCN(C)C)c1. The number of nitrogens with zero attached hydrogens (tertiary/aromatic N) is 2. The normalized spacial score (nSPS) is 10.6. The van der Waals surface area contributed by atoms with Gasteiger partial charge in [0.05, 0.1) is 0 Å². The number of anilines is 1. The first-order chi connectivity index (χ1) is 12.5. The topological polar surface area (TPSA) is 74.3 Å². The van der Waals surface area contributed by atoms with Crippen molar-refractivity contribution in [3.63, 3.8) is 0 Å². The maximum Gasteiger partial charge on any atom is 0.269 e. The van der Waals surface area contributed by atoms with Crippen molar-refractivity contribution in [3.05, 3.63) is 59.4 Å². The number of carbonyl (C=O) groups is 2. The fourth-order valence-electron chi connectivity index (χ4n) is 2.53. The summed E-state index contributed by atoms with van der Waals surface area (Å²) < 4.78 is 0. The fourth-order valence-corrected chi connectivity index (χ4v) is 2.53. The van der Waals surface area contributed by atoms with Crippen LogP contribution >= 0.6 is 0 Å². The van der Waals surface area contributed by atoms with Crippen LogP contribution in [0.3, 0.4) is 0 Å². The maximum absolute atomic E-state index is 12.5. The number of aromatic nitrogens is 1. The van der Waals surface area contributed by atoms with E-state index >= 15 is 0 Å². The molecule has 2 amide bonds. The maximum atomic E-state index is 12.5. The van der Waals surface area contributed by atoms with Crippen molar-refractivity contribution in [2.45, 2.75) is 19.8 Å². The summed E-state index contributed by atoms with van der Waals surface area (Å²) in [7, 11) is 3.98. The Bertz CT molecular complexity index is 759. The largest absolute Gasteiger partial charge is 0.351 e. The molecule has 0 saturated heterocycles. The lowest BCUT2D eigenvalue weighted by Gasteiger charge is -2.11. The minimum absolute atomic E-state index is 0.242. The molecule has 0 saturated carbocycles. The van der Waals surface area contributed by atoms with Gasteiger partial charge in [-0.2, -0.15) is 0 Å². The molecule has 0 aliphatic heterocycles. The predicted molar refractivity (Wildman–Crippen MR) is 104 cm³/mol. The molecule has 6 heteroatoms. The number of hydrogen-bond donors (Lipinski definition) is 2. The Labute approximate surface area is 154 Å². The standard InChI is InChI=1S/C20H26N4O2/c1-4-15-8-5-6-9-17(15)23-19(25)16-10-12-21-18(14-16)20(26)22-11-7-13-24(2)3/h5-6,8-10,12,14H,4,7,11,13H2,1-3H3,(H,22,26)(H,23,25). The molecule has 0 aliphatic rings. The molecule has 2 aromatic rings. The Morgan fingerprint density at radius 3 is 2.62 bits per heavy atom. The summed E-state index contributed by atoms with van der Waals surface area (Å²) >= 11 is 0. The van der Waals surface area contributed by atoms with Gasteiger partial charge in [-0.05, 0) is 57.2 Å². The van der Waals surface area contributed by atoms with E-state index in [1.807, 2.05) is 45.3 Å². The first kappa shape index (κ1) is 19.6. The van der Waals surface area contributed by atoms with E-state index in [2.05, 4.69) is 20.5 Å². The van der Waals surface area contributed by atoms with Gasteiger partial charge in [-0.25, -0.2) is 0 Å². The minimum Gasteiger partial charge on any atom is -0.351 e. The first-order valence-corrected chi connectivity index (χ1v) is 8.79. The molecule has 0 aliphatic carbocycles. The number of nitrogens with one attached hydrogen (secondary N) is 2. The number of hydrogen-bond acceptors (Lipinski definition) is 4. The quantitative estimate of drug-likeness (QED) is 0.715. The van der Waals surface area contributed by atoms with E-state index < -0.39 is 0 Å². The van der Waals surface area contributed by atoms with E-state index in [9.17, 15) is 9.59 Å². The lowest BCUT2D eigenvalue weighted by molar-refractivity contribution is 0.0947. The van der Waals surface area contributed by atoms with E-state index in [1.165, 1.54) is 12.3 Å². The van der Waals surface area contributed by atoms with Gasteiger partial charge in [0.25, 0.3) is 11.8 Å². The lowest BCUT2D eigenvalue weighted by atomic mass is 10.1. The summed E-state index contributed by atoms with van der Waals surface area (Å²) in [6.07, 6.45) is 3.16. The lowest BCUT2D eigenvalue weighted by Crippen LogP contribution is -2.28. The van der Waals surface area contributed by atoms with Crippen LogP contribution in [0.5, 0.6) is 0 Å². The Morgan fingerprint density at radius 2 is 1.88 bits per heavy atom. The van der Waals surface area contributed by atoms with Crippen LogP contribution in [-0.4, -0.2) is 48.9 Å². The van der Waals surface area contributed by atoms with Crippen molar-refractivity contribution in [3.8, 4) is 0 Å². The van der Waals surface area contributed by atoms with Crippen LogP contribution in [0, 0.1) is 0 Å². The summed E-state index contributed by atoms with van der Waals surface area (Å²) in [6, 6.07) is 10.8. The van der Waals surface area contributed by atoms with Gasteiger partial charge in [0.15, 0.2) is 0 Å². The van der Waals surface area contributed by atoms with E-state index in [-0.39, 0.29) is 17.5 Å². The van der Waals surface area contributed by atoms with Gasteiger partial charge in [-0.15, -0.1) is 0 Å². The van der Waals surface area contributed by atoms with Gasteiger partial charge >= 0.3 is 0 Å². The minimum atomic E-state index is -0.271. The highest BCUT2D eigenvalue weighted by atomic mass is 16.2. The molecule has 0 radical (unpaired) electrons. The van der Waals surface area contributed by atoms with Crippen LogP contribution in [0.2, 0.25) is 0 Å². The van der Waals surface area contributed by atoms with Crippen molar-refractivity contribution >= 4 is 17.5 Å². The highest BCUT2D eigenvalue weighted by Crippen LogP contribution is 2.16. The third-order valence-corrected chi connectivity index (χ3v) is 3.97. The van der Waals surface area contributed by atoms with Crippen molar-refractivity contribution in [2.75, 3.05) is 32.5 Å². The Hall–Kier alpha value is -2.73. The number of pyridine rings is 1. The van der Waals surface area contributed by atoms with Gasteiger partial charge in [0.2, 0.25) is 0 Å². The van der Waals surface area contributed by atoms with Gasteiger partial charge in [-0.1, -0.05) is 25.1 Å². The molecule has 26 heavy (non-hydrogen) atoms. The van der Waals surface area contributed by atoms with Crippen LogP contribution in [0.4, 0.5) is 5.69 Å². The summed E-state index contributed by atoms with van der Waals surface area (Å²) in [4.78, 5) is 30.9. The van der Waals surface area contributed by atoms with Gasteiger partial charge in [0.1, 0.15) is 5.69 Å². The number of aryl methyl sites for hydroxylation is 1. The molecule has 1 aromatic heterocycles. The molecule has 0 spiro atoms.